The summed E-state index contributed by atoms with van der Waals surface area (Å²) in [4.78, 5) is 5.43. The number of hydrogen-bond acceptors (Lipinski definition) is 7. The second-order valence-electron chi connectivity index (χ2n) is 5.46. The summed E-state index contributed by atoms with van der Waals surface area (Å²) in [7, 11) is 0. The zero-order valence-corrected chi connectivity index (χ0v) is 16.4. The molecule has 0 fully saturated rings. The largest absolute Gasteiger partial charge is 0.235 e. The third kappa shape index (κ3) is 2.99. The van der Waals surface area contributed by atoms with Gasteiger partial charge in [0.15, 0.2) is 10.2 Å². The van der Waals surface area contributed by atoms with Gasteiger partial charge in [-0.3, -0.25) is 0 Å². The maximum Gasteiger partial charge on any atom is 0.235 e. The molecule has 5 nitrogen and oxygen atoms in total. The van der Waals surface area contributed by atoms with Crippen LogP contribution in [0.1, 0.15) is 5.82 Å². The molecule has 5 rings (SSSR count). The van der Waals surface area contributed by atoms with Gasteiger partial charge in [0, 0.05) is 10.6 Å². The fraction of sp³-hybridized carbons (Fsp3) is 0.0588. The van der Waals surface area contributed by atoms with E-state index in [-0.39, 0.29) is 0 Å². The highest BCUT2D eigenvalue weighted by Crippen LogP contribution is 2.32. The van der Waals surface area contributed by atoms with E-state index in [4.69, 9.17) is 11.6 Å². The van der Waals surface area contributed by atoms with Crippen LogP contribution >= 0.6 is 46.0 Å². The lowest BCUT2D eigenvalue weighted by molar-refractivity contribution is 0.887. The van der Waals surface area contributed by atoms with E-state index in [0.717, 1.165) is 31.2 Å². The van der Waals surface area contributed by atoms with Crippen molar-refractivity contribution in [3.63, 3.8) is 0 Å². The van der Waals surface area contributed by atoms with Crippen molar-refractivity contribution >= 4 is 61.2 Å². The zero-order valence-electron chi connectivity index (χ0n) is 13.2. The molecule has 128 valence electrons. The maximum absolute atomic E-state index is 5.96. The number of halogens is 1. The van der Waals surface area contributed by atoms with Crippen molar-refractivity contribution in [1.82, 2.24) is 24.8 Å². The Morgan fingerprint density at radius 3 is 2.69 bits per heavy atom. The van der Waals surface area contributed by atoms with Crippen LogP contribution in [0.2, 0.25) is 5.02 Å². The second-order valence-corrected chi connectivity index (χ2v) is 9.11. The quantitative estimate of drug-likeness (QED) is 0.367. The molecule has 0 amide bonds. The van der Waals surface area contributed by atoms with Crippen molar-refractivity contribution in [3.05, 3.63) is 59.4 Å². The topological polar surface area (TPSA) is 56.0 Å². The first-order valence-corrected chi connectivity index (χ1v) is 10.7. The summed E-state index contributed by atoms with van der Waals surface area (Å²) in [5.41, 5.74) is 2.06. The third-order valence-electron chi connectivity index (χ3n) is 3.75. The predicted molar refractivity (Wildman–Crippen MR) is 108 cm³/mol. The fourth-order valence-electron chi connectivity index (χ4n) is 2.50. The zero-order chi connectivity index (χ0) is 17.5. The molecular weight excluding hydrogens is 406 g/mol. The SMILES string of the molecule is Clc1ccc(-c2nn3c(CSc4nc5ccccc5s4)nnc3s2)cc1. The molecule has 0 saturated carbocycles. The minimum Gasteiger partial charge on any atom is -0.230 e. The van der Waals surface area contributed by atoms with Gasteiger partial charge < -0.3 is 0 Å². The molecule has 9 heteroatoms. The summed E-state index contributed by atoms with van der Waals surface area (Å²) in [5.74, 6) is 1.49. The van der Waals surface area contributed by atoms with Crippen molar-refractivity contribution in [3.8, 4) is 10.6 Å². The van der Waals surface area contributed by atoms with Gasteiger partial charge in [0.1, 0.15) is 5.01 Å². The standard InChI is InChI=1S/C17H10ClN5S3/c18-11-7-5-10(6-8-11)15-22-23-14(20-21-16(23)26-15)9-24-17-19-12-3-1-2-4-13(12)25-17/h1-8H,9H2. The first-order chi connectivity index (χ1) is 12.8. The molecule has 3 aromatic heterocycles. The molecule has 5 aromatic rings. The molecule has 26 heavy (non-hydrogen) atoms. The van der Waals surface area contributed by atoms with Crippen LogP contribution in [0.3, 0.4) is 0 Å². The number of aromatic nitrogens is 5. The van der Waals surface area contributed by atoms with E-state index in [0.29, 0.717) is 10.8 Å². The maximum atomic E-state index is 5.96. The van der Waals surface area contributed by atoms with Gasteiger partial charge >= 0.3 is 0 Å². The highest BCUT2D eigenvalue weighted by atomic mass is 35.5. The number of benzene rings is 2. The molecule has 0 aliphatic heterocycles. The molecule has 0 aliphatic carbocycles. The Morgan fingerprint density at radius 1 is 1.00 bits per heavy atom. The molecule has 0 unspecified atom stereocenters. The summed E-state index contributed by atoms with van der Waals surface area (Å²) in [6, 6.07) is 15.8. The Morgan fingerprint density at radius 2 is 1.85 bits per heavy atom. The third-order valence-corrected chi connectivity index (χ3v) is 7.12. The van der Waals surface area contributed by atoms with Crippen LogP contribution in [0.15, 0.2) is 52.9 Å². The lowest BCUT2D eigenvalue weighted by Crippen LogP contribution is -1.94. The first kappa shape index (κ1) is 16.2. The molecule has 3 heterocycles. The van der Waals surface area contributed by atoms with Crippen molar-refractivity contribution in [2.24, 2.45) is 0 Å². The molecule has 0 radical (unpaired) electrons. The van der Waals surface area contributed by atoms with Gasteiger partial charge in [-0.15, -0.1) is 21.5 Å². The molecule has 0 spiro atoms. The number of thioether (sulfide) groups is 1. The van der Waals surface area contributed by atoms with E-state index in [1.54, 1.807) is 23.1 Å². The molecule has 2 aromatic carbocycles. The number of hydrogen-bond donors (Lipinski definition) is 0. The van der Waals surface area contributed by atoms with E-state index in [9.17, 15) is 0 Å². The number of fused-ring (bicyclic) bond motifs is 2. The monoisotopic (exact) mass is 415 g/mol. The summed E-state index contributed by atoms with van der Waals surface area (Å²) < 4.78 is 4.03. The van der Waals surface area contributed by atoms with Crippen LogP contribution in [0.4, 0.5) is 0 Å². The highest BCUT2D eigenvalue weighted by Gasteiger charge is 2.14. The molecule has 0 saturated heterocycles. The lowest BCUT2D eigenvalue weighted by atomic mass is 10.2. The molecule has 0 N–H and O–H groups in total. The van der Waals surface area contributed by atoms with Crippen LogP contribution in [0.5, 0.6) is 0 Å². The first-order valence-electron chi connectivity index (χ1n) is 7.72. The number of thiazole rings is 1. The van der Waals surface area contributed by atoms with Crippen molar-refractivity contribution in [2.75, 3.05) is 0 Å². The van der Waals surface area contributed by atoms with E-state index >= 15 is 0 Å². The van der Waals surface area contributed by atoms with E-state index < -0.39 is 0 Å². The van der Waals surface area contributed by atoms with Crippen molar-refractivity contribution < 1.29 is 0 Å². The van der Waals surface area contributed by atoms with E-state index in [2.05, 4.69) is 26.3 Å². The smallest absolute Gasteiger partial charge is 0.230 e. The Bertz CT molecular complexity index is 1180. The van der Waals surface area contributed by atoms with Gasteiger partial charge in [0.2, 0.25) is 4.96 Å². The van der Waals surface area contributed by atoms with Crippen LogP contribution in [-0.4, -0.2) is 24.8 Å². The van der Waals surface area contributed by atoms with Gasteiger partial charge in [0.05, 0.1) is 16.0 Å². The van der Waals surface area contributed by atoms with Gasteiger partial charge in [-0.05, 0) is 24.3 Å². The van der Waals surface area contributed by atoms with E-state index in [1.807, 2.05) is 47.0 Å². The Labute approximate surface area is 165 Å². The normalized spacial score (nSPS) is 11.6. The Balaban J connectivity index is 1.41. The summed E-state index contributed by atoms with van der Waals surface area (Å²) in [5, 5.41) is 14.8. The van der Waals surface area contributed by atoms with Gasteiger partial charge in [0.25, 0.3) is 0 Å². The summed E-state index contributed by atoms with van der Waals surface area (Å²) >= 11 is 10.8. The Kier molecular flexibility index (Phi) is 4.12. The van der Waals surface area contributed by atoms with Crippen LogP contribution in [-0.2, 0) is 5.75 Å². The fourth-order valence-corrected chi connectivity index (χ4v) is 5.46. The van der Waals surface area contributed by atoms with Crippen LogP contribution < -0.4 is 0 Å². The lowest BCUT2D eigenvalue weighted by Gasteiger charge is -1.96. The average Bonchev–Trinajstić information content (AvgIpc) is 3.34. The minimum atomic E-state index is 0.671. The van der Waals surface area contributed by atoms with Crippen molar-refractivity contribution in [1.29, 1.82) is 0 Å². The van der Waals surface area contributed by atoms with Crippen molar-refractivity contribution in [2.45, 2.75) is 10.1 Å². The molecule has 0 bridgehead atoms. The Hall–Kier alpha value is -2.00. The van der Waals surface area contributed by atoms with Crippen LogP contribution in [0.25, 0.3) is 25.7 Å². The number of para-hydroxylation sites is 1. The van der Waals surface area contributed by atoms with Crippen LogP contribution in [0, 0.1) is 0 Å². The molecular formula is C17H10ClN5S3. The summed E-state index contributed by atoms with van der Waals surface area (Å²) in [6.07, 6.45) is 0. The van der Waals surface area contributed by atoms with Gasteiger partial charge in [-0.1, -0.05) is 59.0 Å². The number of rotatable bonds is 4. The van der Waals surface area contributed by atoms with Gasteiger partial charge in [-0.2, -0.15) is 9.61 Å². The predicted octanol–water partition coefficient (Wildman–Crippen LogP) is 5.41. The van der Waals surface area contributed by atoms with Gasteiger partial charge in [-0.25, -0.2) is 4.98 Å². The minimum absolute atomic E-state index is 0.671. The molecule has 0 atom stereocenters. The molecule has 0 aliphatic rings. The summed E-state index contributed by atoms with van der Waals surface area (Å²) in [6.45, 7) is 0. The second kappa shape index (κ2) is 6.62. The van der Waals surface area contributed by atoms with E-state index in [1.165, 1.54) is 16.0 Å². The average molecular weight is 416 g/mol. The number of nitrogens with zero attached hydrogens (tertiary/aromatic N) is 5. The highest BCUT2D eigenvalue weighted by molar-refractivity contribution is 8.00.